The molecule has 0 bridgehead atoms. The minimum Gasteiger partial charge on any atom is -0.497 e. The summed E-state index contributed by atoms with van der Waals surface area (Å²) >= 11 is 0. The standard InChI is InChI=1S/C14H20O4/c1-5-12(15)14(18-6-2)11-9-10(16-3)7-8-13(11)17-4/h7-9,14H,5-6H2,1-4H3. The second-order valence-corrected chi connectivity index (χ2v) is 3.76. The highest BCUT2D eigenvalue weighted by molar-refractivity contribution is 5.85. The Hall–Kier alpha value is -1.55. The Balaban J connectivity index is 3.19. The first-order chi connectivity index (χ1) is 8.67. The van der Waals surface area contributed by atoms with Crippen LogP contribution in [0.25, 0.3) is 0 Å². The van der Waals surface area contributed by atoms with Gasteiger partial charge in [0.1, 0.15) is 17.6 Å². The molecule has 18 heavy (non-hydrogen) atoms. The average molecular weight is 252 g/mol. The Kier molecular flexibility index (Phi) is 5.65. The van der Waals surface area contributed by atoms with Crippen LogP contribution in [-0.4, -0.2) is 26.6 Å². The van der Waals surface area contributed by atoms with Crippen LogP contribution in [0, 0.1) is 0 Å². The number of hydrogen-bond donors (Lipinski definition) is 0. The van der Waals surface area contributed by atoms with Gasteiger partial charge in [-0.1, -0.05) is 6.92 Å². The van der Waals surface area contributed by atoms with Gasteiger partial charge in [0.2, 0.25) is 0 Å². The van der Waals surface area contributed by atoms with E-state index in [1.165, 1.54) is 0 Å². The monoisotopic (exact) mass is 252 g/mol. The van der Waals surface area contributed by atoms with Crippen LogP contribution in [0.2, 0.25) is 0 Å². The van der Waals surface area contributed by atoms with Crippen LogP contribution < -0.4 is 9.47 Å². The number of rotatable bonds is 7. The first kappa shape index (κ1) is 14.5. The van der Waals surface area contributed by atoms with Crippen molar-refractivity contribution in [1.82, 2.24) is 0 Å². The van der Waals surface area contributed by atoms with Crippen LogP contribution in [0.15, 0.2) is 18.2 Å². The summed E-state index contributed by atoms with van der Waals surface area (Å²) in [5.74, 6) is 1.35. The van der Waals surface area contributed by atoms with Crippen molar-refractivity contribution in [3.63, 3.8) is 0 Å². The number of ether oxygens (including phenoxy) is 3. The lowest BCUT2D eigenvalue weighted by atomic mass is 10.0. The van der Waals surface area contributed by atoms with Gasteiger partial charge in [0.15, 0.2) is 5.78 Å². The van der Waals surface area contributed by atoms with E-state index >= 15 is 0 Å². The molecule has 1 aromatic carbocycles. The Morgan fingerprint density at radius 3 is 2.44 bits per heavy atom. The molecule has 0 aliphatic heterocycles. The van der Waals surface area contributed by atoms with E-state index in [1.807, 2.05) is 13.8 Å². The molecule has 0 heterocycles. The molecular formula is C14H20O4. The summed E-state index contributed by atoms with van der Waals surface area (Å²) < 4.78 is 16.0. The zero-order valence-corrected chi connectivity index (χ0v) is 11.4. The van der Waals surface area contributed by atoms with Gasteiger partial charge in [-0.2, -0.15) is 0 Å². The quantitative estimate of drug-likeness (QED) is 0.748. The van der Waals surface area contributed by atoms with Gasteiger partial charge in [-0.3, -0.25) is 4.79 Å². The van der Waals surface area contributed by atoms with Crippen molar-refractivity contribution in [2.45, 2.75) is 26.4 Å². The second-order valence-electron chi connectivity index (χ2n) is 3.76. The predicted molar refractivity (Wildman–Crippen MR) is 69.2 cm³/mol. The van der Waals surface area contributed by atoms with Gasteiger partial charge >= 0.3 is 0 Å². The van der Waals surface area contributed by atoms with Crippen molar-refractivity contribution >= 4 is 5.78 Å². The molecule has 1 rings (SSSR count). The highest BCUT2D eigenvalue weighted by Crippen LogP contribution is 2.32. The summed E-state index contributed by atoms with van der Waals surface area (Å²) in [6.07, 6.45) is -0.171. The molecule has 100 valence electrons. The van der Waals surface area contributed by atoms with Crippen molar-refractivity contribution in [2.24, 2.45) is 0 Å². The number of carbonyl (C=O) groups is 1. The third-order valence-corrected chi connectivity index (χ3v) is 2.69. The Labute approximate surface area is 108 Å². The van der Waals surface area contributed by atoms with Crippen molar-refractivity contribution in [1.29, 1.82) is 0 Å². The molecule has 0 aliphatic carbocycles. The van der Waals surface area contributed by atoms with E-state index in [2.05, 4.69) is 0 Å². The van der Waals surface area contributed by atoms with Gasteiger partial charge in [0.25, 0.3) is 0 Å². The van der Waals surface area contributed by atoms with Gasteiger partial charge in [0, 0.05) is 18.6 Å². The SMILES string of the molecule is CCOC(C(=O)CC)c1cc(OC)ccc1OC. The molecule has 1 unspecified atom stereocenters. The first-order valence-corrected chi connectivity index (χ1v) is 6.04. The minimum absolute atomic E-state index is 0.0309. The summed E-state index contributed by atoms with van der Waals surface area (Å²) in [5.41, 5.74) is 0.713. The molecule has 0 spiro atoms. The molecule has 4 nitrogen and oxygen atoms in total. The van der Waals surface area contributed by atoms with Gasteiger partial charge in [0.05, 0.1) is 14.2 Å². The van der Waals surface area contributed by atoms with Crippen molar-refractivity contribution < 1.29 is 19.0 Å². The van der Waals surface area contributed by atoms with Gasteiger partial charge in [-0.15, -0.1) is 0 Å². The lowest BCUT2D eigenvalue weighted by Crippen LogP contribution is -2.16. The molecule has 0 aliphatic rings. The van der Waals surface area contributed by atoms with Gasteiger partial charge in [-0.05, 0) is 25.1 Å². The summed E-state index contributed by atoms with van der Waals surface area (Å²) in [7, 11) is 3.16. The van der Waals surface area contributed by atoms with Gasteiger partial charge in [-0.25, -0.2) is 0 Å². The number of ketones is 1. The van der Waals surface area contributed by atoms with E-state index in [9.17, 15) is 4.79 Å². The number of carbonyl (C=O) groups excluding carboxylic acids is 1. The summed E-state index contributed by atoms with van der Waals surface area (Å²) in [6.45, 7) is 4.15. The minimum atomic E-state index is -0.593. The molecule has 4 heteroatoms. The average Bonchev–Trinajstić information content (AvgIpc) is 2.43. The van der Waals surface area contributed by atoms with Gasteiger partial charge < -0.3 is 14.2 Å². The maximum atomic E-state index is 11.9. The Morgan fingerprint density at radius 1 is 1.22 bits per heavy atom. The highest BCUT2D eigenvalue weighted by atomic mass is 16.5. The largest absolute Gasteiger partial charge is 0.497 e. The fourth-order valence-electron chi connectivity index (χ4n) is 1.75. The fourth-order valence-corrected chi connectivity index (χ4v) is 1.75. The van der Waals surface area contributed by atoms with E-state index in [-0.39, 0.29) is 5.78 Å². The molecule has 0 radical (unpaired) electrons. The molecule has 0 N–H and O–H groups in total. The lowest BCUT2D eigenvalue weighted by Gasteiger charge is -2.19. The zero-order chi connectivity index (χ0) is 13.5. The number of hydrogen-bond acceptors (Lipinski definition) is 4. The Bertz CT molecular complexity index is 401. The zero-order valence-electron chi connectivity index (χ0n) is 11.4. The smallest absolute Gasteiger partial charge is 0.165 e. The normalized spacial score (nSPS) is 12.0. The van der Waals surface area contributed by atoms with E-state index < -0.39 is 6.10 Å². The molecule has 1 atom stereocenters. The van der Waals surface area contributed by atoms with E-state index in [0.717, 1.165) is 0 Å². The lowest BCUT2D eigenvalue weighted by molar-refractivity contribution is -0.130. The van der Waals surface area contributed by atoms with Crippen molar-refractivity contribution in [3.8, 4) is 11.5 Å². The maximum Gasteiger partial charge on any atom is 0.165 e. The van der Waals surface area contributed by atoms with Crippen molar-refractivity contribution in [2.75, 3.05) is 20.8 Å². The van der Waals surface area contributed by atoms with Crippen LogP contribution in [0.4, 0.5) is 0 Å². The molecule has 0 aromatic heterocycles. The molecule has 0 amide bonds. The van der Waals surface area contributed by atoms with Crippen LogP contribution in [-0.2, 0) is 9.53 Å². The van der Waals surface area contributed by atoms with E-state index in [0.29, 0.717) is 30.1 Å². The third kappa shape index (κ3) is 3.23. The molecule has 0 saturated heterocycles. The number of Topliss-reactive ketones (excluding diaryl/α,β-unsaturated/α-hetero) is 1. The predicted octanol–water partition coefficient (Wildman–Crippen LogP) is 2.76. The molecule has 1 aromatic rings. The molecule has 0 saturated carbocycles. The van der Waals surface area contributed by atoms with Crippen LogP contribution in [0.3, 0.4) is 0 Å². The second kappa shape index (κ2) is 7.01. The third-order valence-electron chi connectivity index (χ3n) is 2.69. The summed E-state index contributed by atoms with van der Waals surface area (Å²) in [6, 6.07) is 5.36. The topological polar surface area (TPSA) is 44.8 Å². The van der Waals surface area contributed by atoms with Crippen LogP contribution >= 0.6 is 0 Å². The number of benzene rings is 1. The number of methoxy groups -OCH3 is 2. The molecule has 0 fully saturated rings. The fraction of sp³-hybridized carbons (Fsp3) is 0.500. The Morgan fingerprint density at radius 2 is 1.94 bits per heavy atom. The summed E-state index contributed by atoms with van der Waals surface area (Å²) in [5, 5.41) is 0. The van der Waals surface area contributed by atoms with Crippen molar-refractivity contribution in [3.05, 3.63) is 23.8 Å². The van der Waals surface area contributed by atoms with Crippen LogP contribution in [0.1, 0.15) is 31.9 Å². The van der Waals surface area contributed by atoms with E-state index in [1.54, 1.807) is 32.4 Å². The first-order valence-electron chi connectivity index (χ1n) is 6.04. The molecular weight excluding hydrogens is 232 g/mol. The summed E-state index contributed by atoms with van der Waals surface area (Å²) in [4.78, 5) is 11.9. The van der Waals surface area contributed by atoms with E-state index in [4.69, 9.17) is 14.2 Å². The maximum absolute atomic E-state index is 11.9. The van der Waals surface area contributed by atoms with Crippen LogP contribution in [0.5, 0.6) is 11.5 Å². The highest BCUT2D eigenvalue weighted by Gasteiger charge is 2.23.